The molecule has 1 heterocycles. The molecule has 0 aliphatic heterocycles. The van der Waals surface area contributed by atoms with Gasteiger partial charge in [-0.15, -0.1) is 0 Å². The Bertz CT molecular complexity index is 158. The van der Waals surface area contributed by atoms with Crippen molar-refractivity contribution in [3.8, 4) is 5.75 Å². The third kappa shape index (κ3) is 1.77. The van der Waals surface area contributed by atoms with Crippen molar-refractivity contribution in [1.82, 2.24) is 4.98 Å². The van der Waals surface area contributed by atoms with Gasteiger partial charge < -0.3 is 9.72 Å². The summed E-state index contributed by atoms with van der Waals surface area (Å²) in [6.45, 7) is 1.45. The summed E-state index contributed by atoms with van der Waals surface area (Å²) in [4.78, 5) is 2.77. The topological polar surface area (TPSA) is 44.9 Å². The lowest BCUT2D eigenvalue weighted by atomic mass is 10.6. The molecule has 0 aliphatic rings. The average molecular weight is 126 g/mol. The largest absolute Gasteiger partial charge is 0.461 e. The third-order valence-electron chi connectivity index (χ3n) is 0.871. The van der Waals surface area contributed by atoms with Crippen LogP contribution in [0.5, 0.6) is 5.75 Å². The number of rotatable bonds is 2. The first-order chi connectivity index (χ1) is 4.29. The Morgan fingerprint density at radius 3 is 3.00 bits per heavy atom. The van der Waals surface area contributed by atoms with Crippen LogP contribution < -0.4 is 4.74 Å². The maximum absolute atomic E-state index is 10.4. The Morgan fingerprint density at radius 2 is 2.56 bits per heavy atom. The zero-order valence-electron chi connectivity index (χ0n) is 5.13. The van der Waals surface area contributed by atoms with Crippen LogP contribution in [-0.4, -0.2) is 11.3 Å². The number of nitrogens with one attached hydrogen (secondary N) is 1. The molecule has 0 bridgehead atoms. The van der Waals surface area contributed by atoms with Gasteiger partial charge in [0.1, 0.15) is 5.75 Å². The molecule has 3 nitrogen and oxygen atoms in total. The van der Waals surface area contributed by atoms with Gasteiger partial charge >= 0.3 is 0 Å². The fourth-order valence-electron chi connectivity index (χ4n) is 0.574. The highest BCUT2D eigenvalue weighted by Crippen LogP contribution is 2.08. The second kappa shape index (κ2) is 2.55. The third-order valence-corrected chi connectivity index (χ3v) is 0.871. The molecule has 49 valence electrons. The standard InChI is InChI=1S/C6H8NO2/c1-5(8)9-6-2-3-7-4-6/h2-5,7H,1H3. The molecule has 0 amide bonds. The number of aromatic nitrogens is 1. The lowest BCUT2D eigenvalue weighted by Crippen LogP contribution is -2.06. The minimum Gasteiger partial charge on any atom is -0.461 e. The van der Waals surface area contributed by atoms with Gasteiger partial charge in [0.25, 0.3) is 0 Å². The summed E-state index contributed by atoms with van der Waals surface area (Å²) in [6.07, 6.45) is 2.35. The average Bonchev–Trinajstić information content (AvgIpc) is 2.15. The highest BCUT2D eigenvalue weighted by Gasteiger charge is 1.97. The van der Waals surface area contributed by atoms with Gasteiger partial charge in [0, 0.05) is 19.3 Å². The number of H-pyrrole nitrogens is 1. The summed E-state index contributed by atoms with van der Waals surface area (Å²) in [7, 11) is 0. The van der Waals surface area contributed by atoms with Gasteiger partial charge in [-0.3, -0.25) is 0 Å². The Kier molecular flexibility index (Phi) is 1.75. The van der Waals surface area contributed by atoms with Crippen LogP contribution in [0, 0.1) is 0 Å². The Morgan fingerprint density at radius 1 is 1.78 bits per heavy atom. The van der Waals surface area contributed by atoms with Crippen molar-refractivity contribution in [3.63, 3.8) is 0 Å². The van der Waals surface area contributed by atoms with Gasteiger partial charge in [-0.25, -0.2) is 0 Å². The van der Waals surface area contributed by atoms with Gasteiger partial charge in [-0.1, -0.05) is 0 Å². The van der Waals surface area contributed by atoms with Crippen molar-refractivity contribution in [2.45, 2.75) is 13.2 Å². The Labute approximate surface area is 53.3 Å². The van der Waals surface area contributed by atoms with Crippen LogP contribution in [0.3, 0.4) is 0 Å². The van der Waals surface area contributed by atoms with Gasteiger partial charge in [-0.2, -0.15) is 5.11 Å². The van der Waals surface area contributed by atoms with Crippen molar-refractivity contribution in [1.29, 1.82) is 0 Å². The maximum Gasteiger partial charge on any atom is 0.228 e. The van der Waals surface area contributed by atoms with Crippen LogP contribution >= 0.6 is 0 Å². The second-order valence-corrected chi connectivity index (χ2v) is 1.73. The van der Waals surface area contributed by atoms with E-state index in [2.05, 4.69) is 4.98 Å². The van der Waals surface area contributed by atoms with Crippen LogP contribution in [0.2, 0.25) is 0 Å². The molecule has 0 saturated carbocycles. The molecule has 1 rings (SSSR count). The lowest BCUT2D eigenvalue weighted by Gasteiger charge is -2.01. The van der Waals surface area contributed by atoms with Crippen LogP contribution in [-0.2, 0) is 5.11 Å². The molecule has 1 atom stereocenters. The summed E-state index contributed by atoms with van der Waals surface area (Å²) >= 11 is 0. The van der Waals surface area contributed by atoms with E-state index >= 15 is 0 Å². The molecule has 1 unspecified atom stereocenters. The van der Waals surface area contributed by atoms with Crippen molar-refractivity contribution in [2.75, 3.05) is 0 Å². The molecule has 0 saturated heterocycles. The molecule has 3 heteroatoms. The first-order valence-electron chi connectivity index (χ1n) is 2.74. The van der Waals surface area contributed by atoms with Gasteiger partial charge in [0.05, 0.1) is 0 Å². The molecule has 1 N–H and O–H groups in total. The first kappa shape index (κ1) is 6.16. The van der Waals surface area contributed by atoms with E-state index in [1.165, 1.54) is 6.92 Å². The molecule has 0 aromatic carbocycles. The van der Waals surface area contributed by atoms with Crippen LogP contribution in [0.1, 0.15) is 6.92 Å². The predicted octanol–water partition coefficient (Wildman–Crippen LogP) is 1.17. The second-order valence-electron chi connectivity index (χ2n) is 1.73. The normalized spacial score (nSPS) is 13.1. The predicted molar refractivity (Wildman–Crippen MR) is 31.6 cm³/mol. The summed E-state index contributed by atoms with van der Waals surface area (Å²) < 4.78 is 4.77. The molecule has 0 aliphatic carbocycles. The van der Waals surface area contributed by atoms with Crippen LogP contribution in [0.4, 0.5) is 0 Å². The number of aromatic amines is 1. The molecule has 0 fully saturated rings. The highest BCUT2D eigenvalue weighted by molar-refractivity contribution is 5.15. The van der Waals surface area contributed by atoms with Crippen molar-refractivity contribution in [3.05, 3.63) is 18.5 Å². The van der Waals surface area contributed by atoms with E-state index in [1.807, 2.05) is 0 Å². The summed E-state index contributed by atoms with van der Waals surface area (Å²) in [5.74, 6) is 0.595. The zero-order chi connectivity index (χ0) is 6.69. The van der Waals surface area contributed by atoms with E-state index in [1.54, 1.807) is 18.5 Å². The van der Waals surface area contributed by atoms with E-state index in [-0.39, 0.29) is 0 Å². The molecule has 1 aromatic rings. The monoisotopic (exact) mass is 126 g/mol. The summed E-state index contributed by atoms with van der Waals surface area (Å²) in [5.41, 5.74) is 0. The highest BCUT2D eigenvalue weighted by atomic mass is 16.6. The first-order valence-corrected chi connectivity index (χ1v) is 2.74. The maximum atomic E-state index is 10.4. The van der Waals surface area contributed by atoms with Crippen LogP contribution in [0.15, 0.2) is 18.5 Å². The smallest absolute Gasteiger partial charge is 0.228 e. The van der Waals surface area contributed by atoms with Gasteiger partial charge in [0.2, 0.25) is 6.29 Å². The van der Waals surface area contributed by atoms with E-state index in [9.17, 15) is 5.11 Å². The Hall–Kier alpha value is -0.960. The van der Waals surface area contributed by atoms with E-state index in [4.69, 9.17) is 4.74 Å². The number of hydrogen-bond acceptors (Lipinski definition) is 1. The van der Waals surface area contributed by atoms with Crippen molar-refractivity contribution in [2.24, 2.45) is 0 Å². The fourth-order valence-corrected chi connectivity index (χ4v) is 0.574. The minimum absolute atomic E-state index is 0.595. The zero-order valence-corrected chi connectivity index (χ0v) is 5.13. The molecular formula is C6H8NO2. The molecule has 0 spiro atoms. The number of hydrogen-bond donors (Lipinski definition) is 1. The molecule has 1 aromatic heterocycles. The molecular weight excluding hydrogens is 118 g/mol. The Balaban J connectivity index is 2.48. The SMILES string of the molecule is CC([O])Oc1cc[nH]c1. The summed E-state index contributed by atoms with van der Waals surface area (Å²) in [5, 5.41) is 10.4. The fraction of sp³-hybridized carbons (Fsp3) is 0.333. The molecule has 1 radical (unpaired) electrons. The van der Waals surface area contributed by atoms with Crippen LogP contribution in [0.25, 0.3) is 0 Å². The quantitative estimate of drug-likeness (QED) is 0.594. The number of ether oxygens (including phenoxy) is 1. The van der Waals surface area contributed by atoms with Crippen molar-refractivity contribution < 1.29 is 9.84 Å². The van der Waals surface area contributed by atoms with E-state index in [0.717, 1.165) is 0 Å². The minimum atomic E-state index is -0.985. The van der Waals surface area contributed by atoms with Gasteiger partial charge in [0.15, 0.2) is 0 Å². The van der Waals surface area contributed by atoms with E-state index in [0.29, 0.717) is 5.75 Å². The lowest BCUT2D eigenvalue weighted by molar-refractivity contribution is -0.0552. The van der Waals surface area contributed by atoms with Gasteiger partial charge in [-0.05, 0) is 6.07 Å². The summed E-state index contributed by atoms with van der Waals surface area (Å²) in [6, 6.07) is 1.70. The molecule has 9 heavy (non-hydrogen) atoms. The van der Waals surface area contributed by atoms with E-state index < -0.39 is 6.29 Å². The van der Waals surface area contributed by atoms with Crippen molar-refractivity contribution >= 4 is 0 Å².